The summed E-state index contributed by atoms with van der Waals surface area (Å²) in [6.07, 6.45) is 0.652. The molecule has 0 spiro atoms. The van der Waals surface area contributed by atoms with Crippen molar-refractivity contribution in [2.45, 2.75) is 18.7 Å². The summed E-state index contributed by atoms with van der Waals surface area (Å²) in [5, 5.41) is 13.7. The van der Waals surface area contributed by atoms with Crippen molar-refractivity contribution in [3.05, 3.63) is 28.1 Å². The third kappa shape index (κ3) is 2.28. The average molecular weight is 258 g/mol. The largest absolute Gasteiger partial charge is 0.433 e. The minimum absolute atomic E-state index is 0.0761. The lowest BCUT2D eigenvalue weighted by Crippen LogP contribution is -1.90. The SMILES string of the molecule is CCC(Cl)c1noc(-c2ccc([N+](=O)[O-])o2)n1. The molecule has 17 heavy (non-hydrogen) atoms. The summed E-state index contributed by atoms with van der Waals surface area (Å²) in [4.78, 5) is 13.8. The summed E-state index contributed by atoms with van der Waals surface area (Å²) in [6.45, 7) is 1.88. The standard InChI is InChI=1S/C9H8ClN3O4/c1-2-5(10)8-11-9(17-12-8)6-3-4-7(16-6)13(14)15/h3-5H,2H2,1H3. The maximum Gasteiger partial charge on any atom is 0.433 e. The molecule has 2 rings (SSSR count). The lowest BCUT2D eigenvalue weighted by molar-refractivity contribution is -0.401. The molecule has 0 amide bonds. The number of hydrogen-bond acceptors (Lipinski definition) is 6. The number of alkyl halides is 1. The van der Waals surface area contributed by atoms with Gasteiger partial charge in [-0.25, -0.2) is 0 Å². The molecule has 0 aliphatic carbocycles. The van der Waals surface area contributed by atoms with Crippen LogP contribution in [-0.2, 0) is 0 Å². The smallest absolute Gasteiger partial charge is 0.395 e. The number of hydrogen-bond donors (Lipinski definition) is 0. The molecule has 0 aromatic carbocycles. The first-order valence-electron chi connectivity index (χ1n) is 4.84. The van der Waals surface area contributed by atoms with E-state index in [2.05, 4.69) is 10.1 Å². The van der Waals surface area contributed by atoms with E-state index in [1.54, 1.807) is 0 Å². The minimum Gasteiger partial charge on any atom is -0.395 e. The Morgan fingerprint density at radius 2 is 2.35 bits per heavy atom. The third-order valence-corrected chi connectivity index (χ3v) is 2.57. The number of nitrogens with zero attached hydrogens (tertiary/aromatic N) is 3. The summed E-state index contributed by atoms with van der Waals surface area (Å²) in [5.74, 6) is 0.184. The Bertz CT molecular complexity index is 536. The predicted molar refractivity (Wildman–Crippen MR) is 57.5 cm³/mol. The van der Waals surface area contributed by atoms with Crippen LogP contribution < -0.4 is 0 Å². The van der Waals surface area contributed by atoms with Crippen LogP contribution in [0, 0.1) is 10.1 Å². The van der Waals surface area contributed by atoms with Crippen LogP contribution in [0.2, 0.25) is 0 Å². The summed E-state index contributed by atoms with van der Waals surface area (Å²) in [6, 6.07) is 2.61. The molecule has 7 nitrogen and oxygen atoms in total. The predicted octanol–water partition coefficient (Wildman–Crippen LogP) is 2.93. The van der Waals surface area contributed by atoms with Gasteiger partial charge in [0.05, 0.1) is 11.4 Å². The first-order valence-corrected chi connectivity index (χ1v) is 5.27. The molecule has 2 heterocycles. The second-order valence-electron chi connectivity index (χ2n) is 3.23. The van der Waals surface area contributed by atoms with Gasteiger partial charge in [-0.15, -0.1) is 11.6 Å². The summed E-state index contributed by atoms with van der Waals surface area (Å²) >= 11 is 5.92. The molecule has 0 bridgehead atoms. The molecule has 0 saturated heterocycles. The van der Waals surface area contributed by atoms with Crippen LogP contribution in [0.5, 0.6) is 0 Å². The topological polar surface area (TPSA) is 95.2 Å². The van der Waals surface area contributed by atoms with Gasteiger partial charge in [0.15, 0.2) is 11.6 Å². The van der Waals surface area contributed by atoms with Crippen LogP contribution in [0.3, 0.4) is 0 Å². The highest BCUT2D eigenvalue weighted by atomic mass is 35.5. The van der Waals surface area contributed by atoms with Crippen molar-refractivity contribution >= 4 is 17.5 Å². The zero-order chi connectivity index (χ0) is 12.4. The number of rotatable bonds is 4. The van der Waals surface area contributed by atoms with Crippen molar-refractivity contribution < 1.29 is 13.9 Å². The summed E-state index contributed by atoms with van der Waals surface area (Å²) in [7, 11) is 0. The van der Waals surface area contributed by atoms with Gasteiger partial charge in [0.25, 0.3) is 5.89 Å². The van der Waals surface area contributed by atoms with Gasteiger partial charge in [-0.1, -0.05) is 12.1 Å². The van der Waals surface area contributed by atoms with E-state index < -0.39 is 4.92 Å². The molecular formula is C9H8ClN3O4. The Morgan fingerprint density at radius 3 is 2.94 bits per heavy atom. The van der Waals surface area contributed by atoms with Crippen LogP contribution in [0.15, 0.2) is 21.1 Å². The van der Waals surface area contributed by atoms with Gasteiger partial charge in [-0.05, 0) is 12.5 Å². The van der Waals surface area contributed by atoms with Gasteiger partial charge < -0.3 is 8.94 Å². The van der Waals surface area contributed by atoms with Crippen LogP contribution >= 0.6 is 11.6 Å². The highest BCUT2D eigenvalue weighted by molar-refractivity contribution is 6.20. The molecule has 0 aliphatic rings. The monoisotopic (exact) mass is 257 g/mol. The Kier molecular flexibility index (Phi) is 3.10. The Morgan fingerprint density at radius 1 is 1.59 bits per heavy atom. The third-order valence-electron chi connectivity index (χ3n) is 2.06. The Labute approximate surface area is 101 Å². The van der Waals surface area contributed by atoms with Crippen LogP contribution in [0.4, 0.5) is 5.88 Å². The zero-order valence-electron chi connectivity index (χ0n) is 8.79. The van der Waals surface area contributed by atoms with Gasteiger partial charge in [0.1, 0.15) is 4.92 Å². The quantitative estimate of drug-likeness (QED) is 0.475. The van der Waals surface area contributed by atoms with Crippen molar-refractivity contribution in [3.8, 4) is 11.7 Å². The van der Waals surface area contributed by atoms with Crippen molar-refractivity contribution in [2.75, 3.05) is 0 Å². The van der Waals surface area contributed by atoms with Gasteiger partial charge in [-0.2, -0.15) is 4.98 Å². The van der Waals surface area contributed by atoms with Crippen molar-refractivity contribution in [2.24, 2.45) is 0 Å². The lowest BCUT2D eigenvalue weighted by atomic mass is 10.3. The summed E-state index contributed by atoms with van der Waals surface area (Å²) in [5.41, 5.74) is 0. The highest BCUT2D eigenvalue weighted by Crippen LogP contribution is 2.27. The molecule has 1 unspecified atom stereocenters. The first-order chi connectivity index (χ1) is 8.11. The van der Waals surface area contributed by atoms with E-state index in [0.717, 1.165) is 0 Å². The number of furan rings is 1. The van der Waals surface area contributed by atoms with Gasteiger partial charge in [0.2, 0.25) is 0 Å². The van der Waals surface area contributed by atoms with E-state index in [1.807, 2.05) is 6.92 Å². The molecule has 90 valence electrons. The van der Waals surface area contributed by atoms with E-state index >= 15 is 0 Å². The maximum atomic E-state index is 10.4. The fourth-order valence-electron chi connectivity index (χ4n) is 1.19. The minimum atomic E-state index is -0.642. The van der Waals surface area contributed by atoms with Gasteiger partial charge >= 0.3 is 5.88 Å². The molecule has 0 radical (unpaired) electrons. The van der Waals surface area contributed by atoms with E-state index in [0.29, 0.717) is 12.2 Å². The Balaban J connectivity index is 2.27. The molecule has 2 aromatic heterocycles. The number of aromatic nitrogens is 2. The average Bonchev–Trinajstić information content (AvgIpc) is 2.95. The second kappa shape index (κ2) is 4.54. The highest BCUT2D eigenvalue weighted by Gasteiger charge is 2.20. The van der Waals surface area contributed by atoms with E-state index in [9.17, 15) is 10.1 Å². The van der Waals surface area contributed by atoms with E-state index in [-0.39, 0.29) is 22.9 Å². The van der Waals surface area contributed by atoms with Gasteiger partial charge in [-0.3, -0.25) is 10.1 Å². The fourth-order valence-corrected chi connectivity index (χ4v) is 1.27. The molecule has 0 aliphatic heterocycles. The van der Waals surface area contributed by atoms with E-state index in [4.69, 9.17) is 20.5 Å². The molecule has 1 atom stereocenters. The second-order valence-corrected chi connectivity index (χ2v) is 3.76. The normalized spacial score (nSPS) is 12.6. The zero-order valence-corrected chi connectivity index (χ0v) is 9.55. The lowest BCUT2D eigenvalue weighted by Gasteiger charge is -1.95. The summed E-state index contributed by atoms with van der Waals surface area (Å²) < 4.78 is 9.82. The fraction of sp³-hybridized carbons (Fsp3) is 0.333. The van der Waals surface area contributed by atoms with Crippen LogP contribution in [0.25, 0.3) is 11.7 Å². The molecule has 0 N–H and O–H groups in total. The van der Waals surface area contributed by atoms with Crippen molar-refractivity contribution in [1.82, 2.24) is 10.1 Å². The molecular weight excluding hydrogens is 250 g/mol. The molecule has 8 heteroatoms. The van der Waals surface area contributed by atoms with Crippen molar-refractivity contribution in [1.29, 1.82) is 0 Å². The Hall–Kier alpha value is -1.89. The van der Waals surface area contributed by atoms with Crippen LogP contribution in [0.1, 0.15) is 24.5 Å². The molecule has 0 fully saturated rings. The number of nitro groups is 1. The van der Waals surface area contributed by atoms with E-state index in [1.165, 1.54) is 12.1 Å². The van der Waals surface area contributed by atoms with Crippen LogP contribution in [-0.4, -0.2) is 15.1 Å². The first kappa shape index (κ1) is 11.6. The maximum absolute atomic E-state index is 10.4. The van der Waals surface area contributed by atoms with Crippen molar-refractivity contribution in [3.63, 3.8) is 0 Å². The molecule has 0 saturated carbocycles. The van der Waals surface area contributed by atoms with Gasteiger partial charge in [0, 0.05) is 0 Å². The molecule has 2 aromatic rings. The number of halogens is 1.